The van der Waals surface area contributed by atoms with Crippen LogP contribution in [0.4, 0.5) is 0 Å². The smallest absolute Gasteiger partial charge is 0.193 e. The summed E-state index contributed by atoms with van der Waals surface area (Å²) in [6, 6.07) is 10.1. The van der Waals surface area contributed by atoms with Crippen molar-refractivity contribution in [2.75, 3.05) is 60.0 Å². The van der Waals surface area contributed by atoms with Crippen molar-refractivity contribution >= 4 is 5.96 Å². The molecule has 1 N–H and O–H groups in total. The molecule has 1 aliphatic rings. The first kappa shape index (κ1) is 20.5. The number of piperidine rings is 1. The second-order valence-electron chi connectivity index (χ2n) is 6.65. The molecule has 146 valence electrons. The van der Waals surface area contributed by atoms with Crippen molar-refractivity contribution in [3.05, 3.63) is 30.3 Å². The average Bonchev–Trinajstić information content (AvgIpc) is 2.67. The van der Waals surface area contributed by atoms with E-state index < -0.39 is 0 Å². The van der Waals surface area contributed by atoms with Gasteiger partial charge in [-0.1, -0.05) is 18.2 Å². The molecule has 0 aliphatic carbocycles. The SMILES string of the molecule is CCNC(=NCCN(C)CCOC)N1CCC(Oc2ccccc2)CC1. The van der Waals surface area contributed by atoms with Crippen molar-refractivity contribution < 1.29 is 9.47 Å². The Morgan fingerprint density at radius 1 is 1.23 bits per heavy atom. The molecule has 0 radical (unpaired) electrons. The molecule has 0 spiro atoms. The Morgan fingerprint density at radius 3 is 2.62 bits per heavy atom. The van der Waals surface area contributed by atoms with Crippen LogP contribution in [-0.4, -0.2) is 81.9 Å². The molecule has 1 aromatic carbocycles. The zero-order chi connectivity index (χ0) is 18.6. The first-order valence-corrected chi connectivity index (χ1v) is 9.65. The van der Waals surface area contributed by atoms with Crippen LogP contribution in [0, 0.1) is 0 Å². The van der Waals surface area contributed by atoms with Gasteiger partial charge in [-0.25, -0.2) is 0 Å². The van der Waals surface area contributed by atoms with Crippen molar-refractivity contribution in [1.82, 2.24) is 15.1 Å². The summed E-state index contributed by atoms with van der Waals surface area (Å²) in [5.41, 5.74) is 0. The molecule has 1 saturated heterocycles. The molecule has 1 heterocycles. The van der Waals surface area contributed by atoms with Crippen molar-refractivity contribution in [3.63, 3.8) is 0 Å². The highest BCUT2D eigenvalue weighted by Gasteiger charge is 2.22. The highest BCUT2D eigenvalue weighted by molar-refractivity contribution is 5.80. The van der Waals surface area contributed by atoms with E-state index in [1.54, 1.807) is 7.11 Å². The first-order valence-electron chi connectivity index (χ1n) is 9.65. The number of para-hydroxylation sites is 1. The lowest BCUT2D eigenvalue weighted by molar-refractivity contribution is 0.129. The van der Waals surface area contributed by atoms with Crippen molar-refractivity contribution in [1.29, 1.82) is 0 Å². The minimum Gasteiger partial charge on any atom is -0.490 e. The molecule has 26 heavy (non-hydrogen) atoms. The second-order valence-corrected chi connectivity index (χ2v) is 6.65. The summed E-state index contributed by atoms with van der Waals surface area (Å²) in [6.45, 7) is 8.38. The van der Waals surface area contributed by atoms with Crippen LogP contribution in [0.3, 0.4) is 0 Å². The maximum absolute atomic E-state index is 6.09. The Hall–Kier alpha value is -1.79. The summed E-state index contributed by atoms with van der Waals surface area (Å²) in [5.74, 6) is 1.98. The number of hydrogen-bond donors (Lipinski definition) is 1. The average molecular weight is 363 g/mol. The topological polar surface area (TPSA) is 49.3 Å². The lowest BCUT2D eigenvalue weighted by Crippen LogP contribution is -2.47. The number of likely N-dealkylation sites (N-methyl/N-ethyl adjacent to an activating group) is 1. The van der Waals surface area contributed by atoms with Gasteiger partial charge >= 0.3 is 0 Å². The first-order chi connectivity index (χ1) is 12.7. The summed E-state index contributed by atoms with van der Waals surface area (Å²) >= 11 is 0. The summed E-state index contributed by atoms with van der Waals surface area (Å²) in [6.07, 6.45) is 2.33. The summed E-state index contributed by atoms with van der Waals surface area (Å²) in [5, 5.41) is 3.43. The van der Waals surface area contributed by atoms with Gasteiger partial charge in [0.2, 0.25) is 0 Å². The molecular formula is C20H34N4O2. The van der Waals surface area contributed by atoms with Gasteiger partial charge in [-0.3, -0.25) is 4.99 Å². The lowest BCUT2D eigenvalue weighted by atomic mass is 10.1. The van der Waals surface area contributed by atoms with Gasteiger partial charge in [0.25, 0.3) is 0 Å². The normalized spacial score (nSPS) is 16.2. The van der Waals surface area contributed by atoms with Crippen LogP contribution in [0.2, 0.25) is 0 Å². The van der Waals surface area contributed by atoms with Gasteiger partial charge < -0.3 is 24.6 Å². The van der Waals surface area contributed by atoms with E-state index in [1.807, 2.05) is 30.3 Å². The fourth-order valence-corrected chi connectivity index (χ4v) is 2.99. The molecule has 0 aromatic heterocycles. The van der Waals surface area contributed by atoms with Gasteiger partial charge in [0, 0.05) is 52.7 Å². The quantitative estimate of drug-likeness (QED) is 0.538. The maximum atomic E-state index is 6.09. The van der Waals surface area contributed by atoms with Crippen molar-refractivity contribution in [2.45, 2.75) is 25.9 Å². The zero-order valence-electron chi connectivity index (χ0n) is 16.5. The Kier molecular flexibility index (Phi) is 9.28. The molecule has 1 fully saturated rings. The number of nitrogens with zero attached hydrogens (tertiary/aromatic N) is 3. The van der Waals surface area contributed by atoms with Gasteiger partial charge in [-0.15, -0.1) is 0 Å². The Morgan fingerprint density at radius 2 is 1.96 bits per heavy atom. The summed E-state index contributed by atoms with van der Waals surface area (Å²) in [7, 11) is 3.84. The van der Waals surface area contributed by atoms with Gasteiger partial charge in [0.1, 0.15) is 11.9 Å². The third-order valence-corrected chi connectivity index (χ3v) is 4.54. The van der Waals surface area contributed by atoms with Gasteiger partial charge in [-0.2, -0.15) is 0 Å². The van der Waals surface area contributed by atoms with E-state index in [1.165, 1.54) is 0 Å². The zero-order valence-corrected chi connectivity index (χ0v) is 16.5. The van der Waals surface area contributed by atoms with Crippen molar-refractivity contribution in [2.24, 2.45) is 4.99 Å². The number of benzene rings is 1. The molecule has 1 aromatic rings. The van der Waals surface area contributed by atoms with Gasteiger partial charge in [0.15, 0.2) is 5.96 Å². The maximum Gasteiger partial charge on any atom is 0.193 e. The Bertz CT molecular complexity index is 516. The van der Waals surface area contributed by atoms with Crippen LogP contribution in [0.15, 0.2) is 35.3 Å². The summed E-state index contributed by atoms with van der Waals surface area (Å²) in [4.78, 5) is 9.40. The van der Waals surface area contributed by atoms with Crippen LogP contribution in [-0.2, 0) is 4.74 Å². The summed E-state index contributed by atoms with van der Waals surface area (Å²) < 4.78 is 11.2. The number of guanidine groups is 1. The number of ether oxygens (including phenoxy) is 2. The third kappa shape index (κ3) is 7.22. The predicted octanol–water partition coefficient (Wildman–Crippen LogP) is 2.07. The van der Waals surface area contributed by atoms with Crippen LogP contribution in [0.1, 0.15) is 19.8 Å². The van der Waals surface area contributed by atoms with E-state index >= 15 is 0 Å². The number of nitrogens with one attached hydrogen (secondary N) is 1. The largest absolute Gasteiger partial charge is 0.490 e. The molecular weight excluding hydrogens is 328 g/mol. The van der Waals surface area contributed by atoms with E-state index in [9.17, 15) is 0 Å². The standard InChI is InChI=1S/C20H34N4O2/c1-4-21-20(22-12-15-23(2)16-17-25-3)24-13-10-19(11-14-24)26-18-8-6-5-7-9-18/h5-9,19H,4,10-17H2,1-3H3,(H,21,22). The molecule has 2 rings (SSSR count). The minimum absolute atomic E-state index is 0.289. The molecule has 1 aliphatic heterocycles. The number of rotatable bonds is 9. The molecule has 0 saturated carbocycles. The highest BCUT2D eigenvalue weighted by atomic mass is 16.5. The van der Waals surface area contributed by atoms with Crippen LogP contribution in [0.5, 0.6) is 5.75 Å². The van der Waals surface area contributed by atoms with E-state index in [-0.39, 0.29) is 6.10 Å². The van der Waals surface area contributed by atoms with E-state index in [0.29, 0.717) is 0 Å². The van der Waals surface area contributed by atoms with Crippen LogP contribution < -0.4 is 10.1 Å². The highest BCUT2D eigenvalue weighted by Crippen LogP contribution is 2.18. The molecule has 0 amide bonds. The van der Waals surface area contributed by atoms with Crippen LogP contribution >= 0.6 is 0 Å². The molecule has 0 unspecified atom stereocenters. The van der Waals surface area contributed by atoms with Crippen molar-refractivity contribution in [3.8, 4) is 5.75 Å². The Labute approximate surface area is 158 Å². The number of hydrogen-bond acceptors (Lipinski definition) is 4. The fourth-order valence-electron chi connectivity index (χ4n) is 2.99. The van der Waals surface area contributed by atoms with E-state index in [0.717, 1.165) is 70.4 Å². The van der Waals surface area contributed by atoms with Gasteiger partial charge in [-0.05, 0) is 26.1 Å². The van der Waals surface area contributed by atoms with E-state index in [4.69, 9.17) is 14.5 Å². The molecule has 0 bridgehead atoms. The minimum atomic E-state index is 0.289. The fraction of sp³-hybridized carbons (Fsp3) is 0.650. The van der Waals surface area contributed by atoms with Gasteiger partial charge in [0.05, 0.1) is 13.2 Å². The molecule has 6 heteroatoms. The Balaban J connectivity index is 1.78. The van der Waals surface area contributed by atoms with E-state index in [2.05, 4.69) is 29.1 Å². The lowest BCUT2D eigenvalue weighted by Gasteiger charge is -2.34. The monoisotopic (exact) mass is 362 g/mol. The second kappa shape index (κ2) is 11.8. The van der Waals surface area contributed by atoms with Crippen LogP contribution in [0.25, 0.3) is 0 Å². The number of aliphatic imine (C=N–C) groups is 1. The molecule has 0 atom stereocenters. The molecule has 6 nitrogen and oxygen atoms in total. The number of methoxy groups -OCH3 is 1. The third-order valence-electron chi connectivity index (χ3n) is 4.54. The predicted molar refractivity (Wildman–Crippen MR) is 107 cm³/mol. The number of likely N-dealkylation sites (tertiary alicyclic amines) is 1.